The van der Waals surface area contributed by atoms with Crippen LogP contribution in [-0.2, 0) is 0 Å². The van der Waals surface area contributed by atoms with E-state index in [2.05, 4.69) is 37.0 Å². The molecule has 0 aliphatic carbocycles. The lowest BCUT2D eigenvalue weighted by atomic mass is 10.1. The van der Waals surface area contributed by atoms with Crippen LogP contribution in [0.2, 0.25) is 0 Å². The third-order valence-corrected chi connectivity index (χ3v) is 4.01. The van der Waals surface area contributed by atoms with Gasteiger partial charge in [0.2, 0.25) is 0 Å². The van der Waals surface area contributed by atoms with E-state index in [-0.39, 0.29) is 15.7 Å². The molecule has 3 aromatic rings. The maximum Gasteiger partial charge on any atom is 0.287 e. The zero-order valence-electron chi connectivity index (χ0n) is 12.7. The molecule has 0 atom stereocenters. The molecule has 2 aromatic carbocycles. The molecule has 1 aromatic heterocycles. The minimum Gasteiger partial charge on any atom is -0.272 e. The lowest BCUT2D eigenvalue weighted by Gasteiger charge is -2.07. The van der Waals surface area contributed by atoms with Crippen LogP contribution in [0.4, 0.5) is 4.39 Å². The number of aromatic amines is 1. The van der Waals surface area contributed by atoms with Gasteiger partial charge in [-0.1, -0.05) is 30.3 Å². The van der Waals surface area contributed by atoms with Gasteiger partial charge in [-0.25, -0.2) is 4.39 Å². The van der Waals surface area contributed by atoms with Crippen LogP contribution in [0.3, 0.4) is 0 Å². The topological polar surface area (TPSA) is 86.9 Å². The second-order valence-corrected chi connectivity index (χ2v) is 5.92. The van der Waals surface area contributed by atoms with E-state index < -0.39 is 17.6 Å². The Morgan fingerprint density at radius 1 is 1.00 bits per heavy atom. The Kier molecular flexibility index (Phi) is 4.90. The van der Waals surface area contributed by atoms with Gasteiger partial charge in [-0.05, 0) is 40.2 Å². The standard InChI is InChI=1S/C17H12BrFN4O2/c18-13-8-11(19)6-7-12(13)16(24)22-23-17(25)15-9-14(20-21-15)10-4-2-1-3-5-10/h1-9H,(H,20,21)(H,22,24)(H,23,25). The maximum atomic E-state index is 13.0. The third-order valence-electron chi connectivity index (χ3n) is 3.36. The van der Waals surface area contributed by atoms with Gasteiger partial charge in [-0.3, -0.25) is 25.5 Å². The number of nitrogens with zero attached hydrogens (tertiary/aromatic N) is 1. The number of halogens is 2. The van der Waals surface area contributed by atoms with Gasteiger partial charge in [0.15, 0.2) is 0 Å². The van der Waals surface area contributed by atoms with E-state index in [0.29, 0.717) is 5.69 Å². The van der Waals surface area contributed by atoms with Gasteiger partial charge in [0, 0.05) is 10.0 Å². The molecule has 8 heteroatoms. The summed E-state index contributed by atoms with van der Waals surface area (Å²) in [6.45, 7) is 0. The van der Waals surface area contributed by atoms with Gasteiger partial charge in [0.05, 0.1) is 11.3 Å². The highest BCUT2D eigenvalue weighted by Gasteiger charge is 2.14. The minimum atomic E-state index is -0.581. The van der Waals surface area contributed by atoms with Gasteiger partial charge in [-0.15, -0.1) is 0 Å². The van der Waals surface area contributed by atoms with Crippen molar-refractivity contribution in [2.75, 3.05) is 0 Å². The molecule has 0 radical (unpaired) electrons. The highest BCUT2D eigenvalue weighted by atomic mass is 79.9. The molecule has 0 spiro atoms. The molecule has 3 N–H and O–H groups in total. The Hall–Kier alpha value is -3.00. The van der Waals surface area contributed by atoms with Gasteiger partial charge >= 0.3 is 0 Å². The van der Waals surface area contributed by atoms with E-state index in [0.717, 1.165) is 17.7 Å². The van der Waals surface area contributed by atoms with Crippen LogP contribution in [0.25, 0.3) is 11.3 Å². The molecular formula is C17H12BrFN4O2. The van der Waals surface area contributed by atoms with E-state index in [1.54, 1.807) is 6.07 Å². The average Bonchev–Trinajstić information content (AvgIpc) is 3.10. The number of amides is 2. The van der Waals surface area contributed by atoms with E-state index in [9.17, 15) is 14.0 Å². The van der Waals surface area contributed by atoms with Crippen LogP contribution in [0, 0.1) is 5.82 Å². The first-order chi connectivity index (χ1) is 12.0. The molecule has 0 bridgehead atoms. The van der Waals surface area contributed by atoms with Crippen LogP contribution >= 0.6 is 15.9 Å². The SMILES string of the molecule is O=C(NNC(=O)c1ccc(F)cc1Br)c1cc(-c2ccccc2)n[nH]1. The van der Waals surface area contributed by atoms with Gasteiger partial charge in [0.25, 0.3) is 11.8 Å². The number of hydrogen-bond donors (Lipinski definition) is 3. The van der Waals surface area contributed by atoms with Crippen LogP contribution in [0.1, 0.15) is 20.8 Å². The van der Waals surface area contributed by atoms with Crippen LogP contribution in [-0.4, -0.2) is 22.0 Å². The predicted octanol–water partition coefficient (Wildman–Crippen LogP) is 3.05. The summed E-state index contributed by atoms with van der Waals surface area (Å²) in [5.41, 5.74) is 6.40. The molecule has 0 saturated heterocycles. The highest BCUT2D eigenvalue weighted by molar-refractivity contribution is 9.10. The second-order valence-electron chi connectivity index (χ2n) is 5.07. The van der Waals surface area contributed by atoms with Crippen molar-refractivity contribution in [1.82, 2.24) is 21.0 Å². The number of benzene rings is 2. The number of aromatic nitrogens is 2. The first-order valence-electron chi connectivity index (χ1n) is 7.21. The van der Waals surface area contributed by atoms with Gasteiger partial charge in [-0.2, -0.15) is 5.10 Å². The summed E-state index contributed by atoms with van der Waals surface area (Å²) in [6, 6.07) is 14.6. The molecule has 126 valence electrons. The number of hydrogen-bond acceptors (Lipinski definition) is 3. The molecule has 0 unspecified atom stereocenters. The monoisotopic (exact) mass is 402 g/mol. The Balaban J connectivity index is 1.65. The summed E-state index contributed by atoms with van der Waals surface area (Å²) in [4.78, 5) is 24.1. The van der Waals surface area contributed by atoms with Crippen LogP contribution in [0.5, 0.6) is 0 Å². The van der Waals surface area contributed by atoms with Crippen LogP contribution in [0.15, 0.2) is 59.1 Å². The summed E-state index contributed by atoms with van der Waals surface area (Å²) in [5.74, 6) is -1.61. The maximum absolute atomic E-state index is 13.0. The Labute approximate surface area is 150 Å². The number of H-pyrrole nitrogens is 1. The Bertz CT molecular complexity index is 927. The summed E-state index contributed by atoms with van der Waals surface area (Å²) in [7, 11) is 0. The van der Waals surface area contributed by atoms with Crippen molar-refractivity contribution in [3.63, 3.8) is 0 Å². The van der Waals surface area contributed by atoms with Crippen LogP contribution < -0.4 is 10.9 Å². The van der Waals surface area contributed by atoms with Crippen molar-refractivity contribution >= 4 is 27.7 Å². The Morgan fingerprint density at radius 2 is 1.72 bits per heavy atom. The molecule has 0 aliphatic rings. The molecule has 0 fully saturated rings. The second kappa shape index (κ2) is 7.27. The van der Waals surface area contributed by atoms with Crippen molar-refractivity contribution in [2.24, 2.45) is 0 Å². The van der Waals surface area contributed by atoms with Gasteiger partial charge < -0.3 is 0 Å². The fourth-order valence-electron chi connectivity index (χ4n) is 2.12. The van der Waals surface area contributed by atoms with E-state index in [1.165, 1.54) is 6.07 Å². The summed E-state index contributed by atoms with van der Waals surface area (Å²) < 4.78 is 13.3. The lowest BCUT2D eigenvalue weighted by Crippen LogP contribution is -2.41. The summed E-state index contributed by atoms with van der Waals surface area (Å²) in [5, 5.41) is 6.68. The number of hydrazine groups is 1. The third kappa shape index (κ3) is 3.92. The number of carbonyl (C=O) groups is 2. The average molecular weight is 403 g/mol. The molecule has 3 rings (SSSR count). The van der Waals surface area contributed by atoms with E-state index in [1.807, 2.05) is 30.3 Å². The molecular weight excluding hydrogens is 391 g/mol. The molecule has 6 nitrogen and oxygen atoms in total. The number of rotatable bonds is 3. The molecule has 1 heterocycles. The number of carbonyl (C=O) groups excluding carboxylic acids is 2. The molecule has 25 heavy (non-hydrogen) atoms. The molecule has 2 amide bonds. The zero-order chi connectivity index (χ0) is 17.8. The fourth-order valence-corrected chi connectivity index (χ4v) is 2.65. The zero-order valence-corrected chi connectivity index (χ0v) is 14.3. The van der Waals surface area contributed by atoms with Crippen molar-refractivity contribution < 1.29 is 14.0 Å². The minimum absolute atomic E-state index is 0.191. The number of nitrogens with one attached hydrogen (secondary N) is 3. The van der Waals surface area contributed by atoms with Crippen molar-refractivity contribution in [3.8, 4) is 11.3 Å². The fraction of sp³-hybridized carbons (Fsp3) is 0. The quantitative estimate of drug-likeness (QED) is 0.588. The smallest absolute Gasteiger partial charge is 0.272 e. The summed E-state index contributed by atoms with van der Waals surface area (Å²) >= 11 is 3.10. The van der Waals surface area contributed by atoms with Crippen molar-refractivity contribution in [1.29, 1.82) is 0 Å². The Morgan fingerprint density at radius 3 is 2.44 bits per heavy atom. The molecule has 0 saturated carbocycles. The predicted molar refractivity (Wildman–Crippen MR) is 93.1 cm³/mol. The van der Waals surface area contributed by atoms with E-state index >= 15 is 0 Å². The molecule has 0 aliphatic heterocycles. The van der Waals surface area contributed by atoms with Crippen molar-refractivity contribution in [3.05, 3.63) is 76.1 Å². The van der Waals surface area contributed by atoms with E-state index in [4.69, 9.17) is 0 Å². The van der Waals surface area contributed by atoms with Crippen molar-refractivity contribution in [2.45, 2.75) is 0 Å². The normalized spacial score (nSPS) is 10.3. The summed E-state index contributed by atoms with van der Waals surface area (Å²) in [6.07, 6.45) is 0. The largest absolute Gasteiger partial charge is 0.287 e. The first-order valence-corrected chi connectivity index (χ1v) is 8.00. The highest BCUT2D eigenvalue weighted by Crippen LogP contribution is 2.18. The van der Waals surface area contributed by atoms with Gasteiger partial charge in [0.1, 0.15) is 11.5 Å². The lowest BCUT2D eigenvalue weighted by molar-refractivity contribution is 0.0843. The first kappa shape index (κ1) is 16.8.